The number of morpholine rings is 1. The minimum atomic E-state index is -0.00687. The number of aromatic nitrogens is 2. The number of rotatable bonds is 6. The van der Waals surface area contributed by atoms with Crippen molar-refractivity contribution >= 4 is 11.8 Å². The number of aliphatic hydroxyl groups is 1. The van der Waals surface area contributed by atoms with Gasteiger partial charge in [-0.2, -0.15) is 4.98 Å². The van der Waals surface area contributed by atoms with Gasteiger partial charge in [0, 0.05) is 44.5 Å². The van der Waals surface area contributed by atoms with Crippen molar-refractivity contribution in [2.45, 2.75) is 12.8 Å². The van der Waals surface area contributed by atoms with E-state index in [-0.39, 0.29) is 12.0 Å². The van der Waals surface area contributed by atoms with Gasteiger partial charge in [-0.25, -0.2) is 4.98 Å². The van der Waals surface area contributed by atoms with E-state index in [0.717, 1.165) is 58.1 Å². The lowest BCUT2D eigenvalue weighted by molar-refractivity contribution is 0.122. The zero-order chi connectivity index (χ0) is 15.3. The Kier molecular flexibility index (Phi) is 5.07. The molecule has 0 spiro atoms. The van der Waals surface area contributed by atoms with Crippen LogP contribution in [-0.4, -0.2) is 67.7 Å². The Morgan fingerprint density at radius 3 is 2.86 bits per heavy atom. The van der Waals surface area contributed by atoms with Crippen LogP contribution in [0, 0.1) is 5.41 Å². The molecule has 1 unspecified atom stereocenters. The SMILES string of the molecule is OCCC1(CNc2nccc(N3CCOCC3)n2)CCOC1. The Morgan fingerprint density at radius 2 is 2.14 bits per heavy atom. The summed E-state index contributed by atoms with van der Waals surface area (Å²) in [7, 11) is 0. The Morgan fingerprint density at radius 1 is 1.27 bits per heavy atom. The van der Waals surface area contributed by atoms with Crippen molar-refractivity contribution in [2.75, 3.05) is 62.9 Å². The normalized spacial score (nSPS) is 25.4. The average Bonchev–Trinajstić information content (AvgIpc) is 3.03. The van der Waals surface area contributed by atoms with Gasteiger partial charge in [-0.3, -0.25) is 0 Å². The molecule has 2 N–H and O–H groups in total. The summed E-state index contributed by atoms with van der Waals surface area (Å²) in [6.07, 6.45) is 3.48. The molecule has 1 aromatic rings. The lowest BCUT2D eigenvalue weighted by Crippen LogP contribution is -2.37. The summed E-state index contributed by atoms with van der Waals surface area (Å²) < 4.78 is 10.9. The summed E-state index contributed by atoms with van der Waals surface area (Å²) in [5.41, 5.74) is -0.00687. The van der Waals surface area contributed by atoms with Crippen LogP contribution in [0.4, 0.5) is 11.8 Å². The van der Waals surface area contributed by atoms with Crippen LogP contribution in [0.3, 0.4) is 0 Å². The molecule has 0 aliphatic carbocycles. The molecule has 3 heterocycles. The van der Waals surface area contributed by atoms with Gasteiger partial charge in [0.05, 0.1) is 19.8 Å². The first-order chi connectivity index (χ1) is 10.8. The Balaban J connectivity index is 1.62. The molecule has 0 amide bonds. The third-order valence-corrected chi connectivity index (χ3v) is 4.42. The second kappa shape index (κ2) is 7.21. The van der Waals surface area contributed by atoms with Gasteiger partial charge < -0.3 is 24.8 Å². The maximum atomic E-state index is 9.27. The minimum absolute atomic E-state index is 0.00687. The molecule has 2 aliphatic heterocycles. The standard InChI is InChI=1S/C15H24N4O3/c20-7-2-15(3-8-22-12-15)11-17-14-16-4-1-13(18-14)19-5-9-21-10-6-19/h1,4,20H,2-3,5-12H2,(H,16,17,18). The van der Waals surface area contributed by atoms with Crippen molar-refractivity contribution in [3.63, 3.8) is 0 Å². The second-order valence-corrected chi connectivity index (χ2v) is 5.97. The highest BCUT2D eigenvalue weighted by molar-refractivity contribution is 5.42. The molecule has 0 aromatic carbocycles. The fourth-order valence-electron chi connectivity index (χ4n) is 2.98. The predicted molar refractivity (Wildman–Crippen MR) is 83.1 cm³/mol. The average molecular weight is 308 g/mol. The van der Waals surface area contributed by atoms with Crippen LogP contribution in [0.2, 0.25) is 0 Å². The first kappa shape index (κ1) is 15.5. The van der Waals surface area contributed by atoms with Crippen molar-refractivity contribution in [2.24, 2.45) is 5.41 Å². The molecule has 7 nitrogen and oxygen atoms in total. The molecule has 1 aromatic heterocycles. The highest BCUT2D eigenvalue weighted by atomic mass is 16.5. The second-order valence-electron chi connectivity index (χ2n) is 5.97. The van der Waals surface area contributed by atoms with E-state index in [1.165, 1.54) is 0 Å². The van der Waals surface area contributed by atoms with Gasteiger partial charge in [-0.15, -0.1) is 0 Å². The largest absolute Gasteiger partial charge is 0.396 e. The molecule has 122 valence electrons. The van der Waals surface area contributed by atoms with Crippen LogP contribution in [0.1, 0.15) is 12.8 Å². The molecule has 22 heavy (non-hydrogen) atoms. The molecule has 0 bridgehead atoms. The Labute approximate surface area is 130 Å². The number of hydrogen-bond acceptors (Lipinski definition) is 7. The van der Waals surface area contributed by atoms with E-state index in [1.807, 2.05) is 6.07 Å². The van der Waals surface area contributed by atoms with Crippen LogP contribution in [-0.2, 0) is 9.47 Å². The van der Waals surface area contributed by atoms with Gasteiger partial charge in [-0.05, 0) is 18.9 Å². The van der Waals surface area contributed by atoms with Crippen molar-refractivity contribution in [1.29, 1.82) is 0 Å². The van der Waals surface area contributed by atoms with Crippen LogP contribution < -0.4 is 10.2 Å². The van der Waals surface area contributed by atoms with Crippen molar-refractivity contribution in [3.05, 3.63) is 12.3 Å². The van der Waals surface area contributed by atoms with Crippen molar-refractivity contribution < 1.29 is 14.6 Å². The molecule has 3 rings (SSSR count). The van der Waals surface area contributed by atoms with E-state index in [2.05, 4.69) is 20.2 Å². The van der Waals surface area contributed by atoms with Gasteiger partial charge in [0.2, 0.25) is 5.95 Å². The molecule has 0 saturated carbocycles. The van der Waals surface area contributed by atoms with Gasteiger partial charge in [0.25, 0.3) is 0 Å². The van der Waals surface area contributed by atoms with Crippen molar-refractivity contribution in [3.8, 4) is 0 Å². The fourth-order valence-corrected chi connectivity index (χ4v) is 2.98. The number of nitrogens with one attached hydrogen (secondary N) is 1. The first-order valence-corrected chi connectivity index (χ1v) is 7.90. The van der Waals surface area contributed by atoms with E-state index in [4.69, 9.17) is 9.47 Å². The summed E-state index contributed by atoms with van der Waals surface area (Å²) in [4.78, 5) is 11.1. The van der Waals surface area contributed by atoms with E-state index in [1.54, 1.807) is 6.20 Å². The highest BCUT2D eigenvalue weighted by Gasteiger charge is 2.34. The zero-order valence-corrected chi connectivity index (χ0v) is 12.8. The molecular formula is C15H24N4O3. The molecule has 2 aliphatic rings. The zero-order valence-electron chi connectivity index (χ0n) is 12.8. The molecule has 2 fully saturated rings. The van der Waals surface area contributed by atoms with E-state index < -0.39 is 0 Å². The summed E-state index contributed by atoms with van der Waals surface area (Å²) in [6, 6.07) is 1.93. The smallest absolute Gasteiger partial charge is 0.224 e. The van der Waals surface area contributed by atoms with E-state index in [0.29, 0.717) is 12.6 Å². The fraction of sp³-hybridized carbons (Fsp3) is 0.733. The first-order valence-electron chi connectivity index (χ1n) is 7.90. The summed E-state index contributed by atoms with van der Waals surface area (Å²) in [5, 5.41) is 12.6. The van der Waals surface area contributed by atoms with Crippen LogP contribution in [0.5, 0.6) is 0 Å². The van der Waals surface area contributed by atoms with Crippen LogP contribution in [0.15, 0.2) is 12.3 Å². The number of ether oxygens (including phenoxy) is 2. The van der Waals surface area contributed by atoms with E-state index in [9.17, 15) is 5.11 Å². The van der Waals surface area contributed by atoms with Crippen LogP contribution in [0.25, 0.3) is 0 Å². The predicted octanol–water partition coefficient (Wildman–Crippen LogP) is 0.514. The lowest BCUT2D eigenvalue weighted by Gasteiger charge is -2.29. The molecule has 7 heteroatoms. The van der Waals surface area contributed by atoms with Crippen molar-refractivity contribution in [1.82, 2.24) is 9.97 Å². The van der Waals surface area contributed by atoms with Gasteiger partial charge in [-0.1, -0.05) is 0 Å². The molecule has 2 saturated heterocycles. The lowest BCUT2D eigenvalue weighted by atomic mass is 9.84. The molecule has 0 radical (unpaired) electrons. The number of aliphatic hydroxyl groups excluding tert-OH is 1. The topological polar surface area (TPSA) is 79.7 Å². The van der Waals surface area contributed by atoms with Crippen LogP contribution >= 0.6 is 0 Å². The highest BCUT2D eigenvalue weighted by Crippen LogP contribution is 2.32. The number of nitrogens with zero attached hydrogens (tertiary/aromatic N) is 3. The maximum absolute atomic E-state index is 9.27. The Bertz CT molecular complexity index is 474. The quantitative estimate of drug-likeness (QED) is 0.793. The van der Waals surface area contributed by atoms with Gasteiger partial charge in [0.15, 0.2) is 0 Å². The third-order valence-electron chi connectivity index (χ3n) is 4.42. The number of hydrogen-bond donors (Lipinski definition) is 2. The summed E-state index contributed by atoms with van der Waals surface area (Å²) in [6.45, 7) is 5.55. The van der Waals surface area contributed by atoms with E-state index >= 15 is 0 Å². The Hall–Kier alpha value is -1.44. The summed E-state index contributed by atoms with van der Waals surface area (Å²) >= 11 is 0. The summed E-state index contributed by atoms with van der Waals surface area (Å²) in [5.74, 6) is 1.56. The monoisotopic (exact) mass is 308 g/mol. The minimum Gasteiger partial charge on any atom is -0.396 e. The maximum Gasteiger partial charge on any atom is 0.224 e. The van der Waals surface area contributed by atoms with Gasteiger partial charge in [0.1, 0.15) is 5.82 Å². The number of anilines is 2. The molecule has 1 atom stereocenters. The van der Waals surface area contributed by atoms with Gasteiger partial charge >= 0.3 is 0 Å². The molecular weight excluding hydrogens is 284 g/mol. The third kappa shape index (κ3) is 3.66.